The summed E-state index contributed by atoms with van der Waals surface area (Å²) in [5.74, 6) is 1.87. The van der Waals surface area contributed by atoms with Gasteiger partial charge >= 0.3 is 0 Å². The van der Waals surface area contributed by atoms with Crippen LogP contribution in [0.3, 0.4) is 0 Å². The zero-order valence-corrected chi connectivity index (χ0v) is 13.8. The molecule has 3 heterocycles. The first-order valence-corrected chi connectivity index (χ1v) is 8.34. The second-order valence-electron chi connectivity index (χ2n) is 6.33. The number of hydrogen-bond donors (Lipinski definition) is 0. The number of hydrogen-bond acceptors (Lipinski definition) is 8. The summed E-state index contributed by atoms with van der Waals surface area (Å²) in [6.07, 6.45) is 2.37. The second-order valence-corrected chi connectivity index (χ2v) is 7.28. The average molecular weight is 324 g/mol. The van der Waals surface area contributed by atoms with Crippen molar-refractivity contribution in [2.45, 2.75) is 62.6 Å². The number of tetrazole rings is 1. The van der Waals surface area contributed by atoms with Gasteiger partial charge in [0.25, 0.3) is 0 Å². The highest BCUT2D eigenvalue weighted by Gasteiger charge is 2.22. The first kappa shape index (κ1) is 15.4. The molecule has 22 heavy (non-hydrogen) atoms. The topological polar surface area (TPSA) is 91.8 Å². The van der Waals surface area contributed by atoms with E-state index in [1.54, 1.807) is 4.68 Å². The van der Waals surface area contributed by atoms with Crippen LogP contribution >= 0.6 is 11.8 Å². The van der Waals surface area contributed by atoms with Crippen molar-refractivity contribution in [2.75, 3.05) is 6.61 Å². The molecule has 1 atom stereocenters. The van der Waals surface area contributed by atoms with Gasteiger partial charge in [0, 0.05) is 12.0 Å². The summed E-state index contributed by atoms with van der Waals surface area (Å²) in [5, 5.41) is 16.6. The molecule has 0 spiro atoms. The van der Waals surface area contributed by atoms with Crippen molar-refractivity contribution >= 4 is 11.8 Å². The number of rotatable bonds is 5. The third-order valence-electron chi connectivity index (χ3n) is 3.34. The molecule has 1 unspecified atom stereocenters. The lowest BCUT2D eigenvalue weighted by Crippen LogP contribution is -2.16. The molecule has 120 valence electrons. The van der Waals surface area contributed by atoms with Crippen molar-refractivity contribution in [1.82, 2.24) is 30.3 Å². The van der Waals surface area contributed by atoms with Gasteiger partial charge in [-0.1, -0.05) is 37.7 Å². The number of nitrogens with zero attached hydrogens (tertiary/aromatic N) is 6. The van der Waals surface area contributed by atoms with Crippen LogP contribution in [0.4, 0.5) is 0 Å². The zero-order chi connectivity index (χ0) is 15.6. The van der Waals surface area contributed by atoms with E-state index in [4.69, 9.17) is 9.26 Å². The summed E-state index contributed by atoms with van der Waals surface area (Å²) in [6.45, 7) is 7.64. The first-order valence-electron chi connectivity index (χ1n) is 7.36. The molecule has 8 nitrogen and oxygen atoms in total. The Labute approximate surface area is 133 Å². The van der Waals surface area contributed by atoms with Crippen LogP contribution in [0.2, 0.25) is 0 Å². The maximum absolute atomic E-state index is 5.62. The molecule has 1 aliphatic heterocycles. The number of thioether (sulfide) groups is 1. The van der Waals surface area contributed by atoms with Gasteiger partial charge in [-0.25, -0.2) is 4.68 Å². The lowest BCUT2D eigenvalue weighted by atomic mass is 9.97. The van der Waals surface area contributed by atoms with Crippen molar-refractivity contribution < 1.29 is 9.26 Å². The predicted octanol–water partition coefficient (Wildman–Crippen LogP) is 1.82. The Kier molecular flexibility index (Phi) is 4.44. The molecule has 1 fully saturated rings. The van der Waals surface area contributed by atoms with E-state index in [2.05, 4.69) is 25.7 Å². The van der Waals surface area contributed by atoms with E-state index in [1.807, 2.05) is 20.8 Å². The van der Waals surface area contributed by atoms with Crippen LogP contribution in [-0.4, -0.2) is 43.1 Å². The molecular weight excluding hydrogens is 304 g/mol. The third kappa shape index (κ3) is 3.64. The first-order chi connectivity index (χ1) is 10.5. The van der Waals surface area contributed by atoms with Gasteiger partial charge in [-0.05, 0) is 23.3 Å². The molecular formula is C13H20N6O2S. The Balaban J connectivity index is 1.59. The summed E-state index contributed by atoms with van der Waals surface area (Å²) < 4.78 is 12.7. The van der Waals surface area contributed by atoms with Crippen LogP contribution in [0.5, 0.6) is 0 Å². The number of aromatic nitrogens is 6. The molecule has 2 aromatic heterocycles. The van der Waals surface area contributed by atoms with Crippen LogP contribution < -0.4 is 0 Å². The van der Waals surface area contributed by atoms with Crippen LogP contribution in [0.1, 0.15) is 45.3 Å². The summed E-state index contributed by atoms with van der Waals surface area (Å²) in [4.78, 5) is 4.41. The monoisotopic (exact) mass is 324 g/mol. The highest BCUT2D eigenvalue weighted by Crippen LogP contribution is 2.23. The van der Waals surface area contributed by atoms with Crippen LogP contribution in [-0.2, 0) is 22.4 Å². The summed E-state index contributed by atoms with van der Waals surface area (Å²) >= 11 is 1.50. The van der Waals surface area contributed by atoms with E-state index < -0.39 is 0 Å². The molecule has 9 heteroatoms. The molecule has 0 aliphatic carbocycles. The van der Waals surface area contributed by atoms with E-state index in [1.165, 1.54) is 11.8 Å². The number of ether oxygens (including phenoxy) is 1. The van der Waals surface area contributed by atoms with Crippen molar-refractivity contribution in [2.24, 2.45) is 0 Å². The van der Waals surface area contributed by atoms with Gasteiger partial charge in [0.1, 0.15) is 0 Å². The van der Waals surface area contributed by atoms with Gasteiger partial charge in [-0.15, -0.1) is 5.10 Å². The lowest BCUT2D eigenvalue weighted by molar-refractivity contribution is 0.0912. The Morgan fingerprint density at radius 2 is 2.23 bits per heavy atom. The minimum absolute atomic E-state index is 0.142. The average Bonchev–Trinajstić information content (AvgIpc) is 3.17. The van der Waals surface area contributed by atoms with Crippen molar-refractivity contribution in [3.05, 3.63) is 11.7 Å². The molecule has 0 saturated carbocycles. The zero-order valence-electron chi connectivity index (χ0n) is 13.0. The van der Waals surface area contributed by atoms with Crippen LogP contribution in [0, 0.1) is 0 Å². The van der Waals surface area contributed by atoms with E-state index in [9.17, 15) is 0 Å². The molecule has 2 aromatic rings. The molecule has 0 amide bonds. The van der Waals surface area contributed by atoms with Gasteiger partial charge in [-0.3, -0.25) is 0 Å². The Hall–Kier alpha value is -1.48. The van der Waals surface area contributed by atoms with Crippen molar-refractivity contribution in [3.63, 3.8) is 0 Å². The third-order valence-corrected chi connectivity index (χ3v) is 4.29. The quantitative estimate of drug-likeness (QED) is 0.769. The van der Waals surface area contributed by atoms with E-state index >= 15 is 0 Å². The molecule has 1 aliphatic rings. The standard InChI is InChI=1S/C13H20N6O2S/c1-13(2,3)11-14-10(16-21-11)8-22-12-15-17-18-19(12)7-9-5-4-6-20-9/h9H,4-8H2,1-3H3. The molecule has 0 radical (unpaired) electrons. The fourth-order valence-electron chi connectivity index (χ4n) is 2.14. The minimum Gasteiger partial charge on any atom is -0.376 e. The van der Waals surface area contributed by atoms with Crippen molar-refractivity contribution in [1.29, 1.82) is 0 Å². The highest BCUT2D eigenvalue weighted by atomic mass is 32.2. The summed E-state index contributed by atoms with van der Waals surface area (Å²) in [6, 6.07) is 0. The Morgan fingerprint density at radius 1 is 1.36 bits per heavy atom. The van der Waals surface area contributed by atoms with Gasteiger partial charge in [0.2, 0.25) is 11.0 Å². The van der Waals surface area contributed by atoms with Crippen LogP contribution in [0.25, 0.3) is 0 Å². The largest absolute Gasteiger partial charge is 0.376 e. The maximum atomic E-state index is 5.62. The van der Waals surface area contributed by atoms with E-state index in [0.717, 1.165) is 24.6 Å². The smallest absolute Gasteiger partial charge is 0.232 e. The molecule has 0 bridgehead atoms. The minimum atomic E-state index is -0.142. The van der Waals surface area contributed by atoms with Crippen molar-refractivity contribution in [3.8, 4) is 0 Å². The summed E-state index contributed by atoms with van der Waals surface area (Å²) in [5.41, 5.74) is -0.142. The highest BCUT2D eigenvalue weighted by molar-refractivity contribution is 7.98. The van der Waals surface area contributed by atoms with Gasteiger partial charge in [0.15, 0.2) is 5.82 Å². The van der Waals surface area contributed by atoms with Crippen LogP contribution in [0.15, 0.2) is 9.68 Å². The fraction of sp³-hybridized carbons (Fsp3) is 0.769. The predicted molar refractivity (Wildman–Crippen MR) is 79.4 cm³/mol. The lowest BCUT2D eigenvalue weighted by Gasteiger charge is -2.10. The molecule has 0 N–H and O–H groups in total. The molecule has 3 rings (SSSR count). The Morgan fingerprint density at radius 3 is 2.91 bits per heavy atom. The normalized spacial score (nSPS) is 19.0. The molecule has 1 saturated heterocycles. The maximum Gasteiger partial charge on any atom is 0.232 e. The Bertz CT molecular complexity index is 614. The molecule has 0 aromatic carbocycles. The van der Waals surface area contributed by atoms with Gasteiger partial charge in [-0.2, -0.15) is 4.98 Å². The van der Waals surface area contributed by atoms with Gasteiger partial charge in [0.05, 0.1) is 18.4 Å². The summed E-state index contributed by atoms with van der Waals surface area (Å²) in [7, 11) is 0. The SMILES string of the molecule is CC(C)(C)c1nc(CSc2nnnn2CC2CCCO2)no1. The van der Waals surface area contributed by atoms with E-state index in [0.29, 0.717) is 24.0 Å². The second kappa shape index (κ2) is 6.33. The fourth-order valence-corrected chi connectivity index (χ4v) is 2.87. The van der Waals surface area contributed by atoms with Gasteiger partial charge < -0.3 is 9.26 Å². The van der Waals surface area contributed by atoms with E-state index in [-0.39, 0.29) is 11.5 Å².